The molecule has 0 saturated carbocycles. The molecule has 1 aromatic carbocycles. The van der Waals surface area contributed by atoms with Crippen LogP contribution >= 0.6 is 15.9 Å². The maximum Gasteiger partial charge on any atom is 0.308 e. The molecule has 4 nitrogen and oxygen atoms in total. The molecule has 1 heterocycles. The highest BCUT2D eigenvalue weighted by molar-refractivity contribution is 9.10. The van der Waals surface area contributed by atoms with Crippen molar-refractivity contribution in [3.63, 3.8) is 0 Å². The smallest absolute Gasteiger partial charge is 0.308 e. The number of halogens is 1. The fourth-order valence-electron chi connectivity index (χ4n) is 2.85. The van der Waals surface area contributed by atoms with Crippen LogP contribution in [0.5, 0.6) is 5.75 Å². The van der Waals surface area contributed by atoms with E-state index in [4.69, 9.17) is 4.74 Å². The monoisotopic (exact) mass is 355 g/mol. The number of carboxylic acid groups (broad SMARTS) is 1. The Morgan fingerprint density at radius 3 is 2.52 bits per heavy atom. The minimum atomic E-state index is -0.723. The van der Waals surface area contributed by atoms with Crippen molar-refractivity contribution in [1.29, 1.82) is 0 Å². The Balaban J connectivity index is 2.32. The summed E-state index contributed by atoms with van der Waals surface area (Å²) in [6.07, 6.45) is 0. The molecule has 1 aliphatic rings. The maximum absolute atomic E-state index is 11.6. The van der Waals surface area contributed by atoms with Gasteiger partial charge in [0.1, 0.15) is 5.75 Å². The Morgan fingerprint density at radius 2 is 2.05 bits per heavy atom. The average Bonchev–Trinajstić information content (AvgIpc) is 2.83. The first-order chi connectivity index (χ1) is 9.74. The molecule has 0 spiro atoms. The zero-order valence-corrected chi connectivity index (χ0v) is 14.5. The Hall–Kier alpha value is -1.07. The number of nitrogens with zero attached hydrogens (tertiary/aromatic N) is 1. The fraction of sp³-hybridized carbons (Fsp3) is 0.562. The van der Waals surface area contributed by atoms with Crippen LogP contribution in [0.25, 0.3) is 0 Å². The third-order valence-corrected chi connectivity index (χ3v) is 4.81. The summed E-state index contributed by atoms with van der Waals surface area (Å²) in [6, 6.07) is 5.83. The Morgan fingerprint density at radius 1 is 1.38 bits per heavy atom. The third-order valence-electron chi connectivity index (χ3n) is 4.19. The largest absolute Gasteiger partial charge is 0.496 e. The summed E-state index contributed by atoms with van der Waals surface area (Å²) in [5, 5.41) is 9.54. The van der Waals surface area contributed by atoms with Crippen molar-refractivity contribution in [2.75, 3.05) is 20.2 Å². The number of likely N-dealkylation sites (tertiary alicyclic amines) is 1. The zero-order valence-electron chi connectivity index (χ0n) is 12.9. The predicted molar refractivity (Wildman–Crippen MR) is 85.9 cm³/mol. The van der Waals surface area contributed by atoms with Gasteiger partial charge in [-0.15, -0.1) is 0 Å². The maximum atomic E-state index is 11.6. The number of benzene rings is 1. The highest BCUT2D eigenvalue weighted by atomic mass is 79.9. The molecule has 0 aliphatic carbocycles. The molecule has 0 amide bonds. The minimum Gasteiger partial charge on any atom is -0.496 e. The van der Waals surface area contributed by atoms with Gasteiger partial charge in [-0.1, -0.05) is 6.07 Å². The molecule has 1 fully saturated rings. The average molecular weight is 356 g/mol. The molecular formula is C16H22BrNO3. The Kier molecular flexibility index (Phi) is 4.63. The molecule has 1 N–H and O–H groups in total. The molecule has 0 unspecified atom stereocenters. The number of aliphatic carboxylic acids is 1. The first kappa shape index (κ1) is 16.3. The van der Waals surface area contributed by atoms with Crippen molar-refractivity contribution >= 4 is 21.9 Å². The van der Waals surface area contributed by atoms with Gasteiger partial charge in [-0.2, -0.15) is 0 Å². The standard InChI is InChI=1S/C16H22BrNO3/c1-16(2,3)18-8-11(12(9-18)15(19)20)10-5-6-14(21-4)13(17)7-10/h5-7,11-12H,8-9H2,1-4H3,(H,19,20)/t11-,12+/m1/s1. The number of hydrogen-bond acceptors (Lipinski definition) is 3. The lowest BCUT2D eigenvalue weighted by Gasteiger charge is -2.31. The molecule has 1 aromatic rings. The summed E-state index contributed by atoms with van der Waals surface area (Å²) in [6.45, 7) is 7.72. The van der Waals surface area contributed by atoms with Crippen LogP contribution in [-0.2, 0) is 4.79 Å². The van der Waals surface area contributed by atoms with E-state index in [0.29, 0.717) is 6.54 Å². The molecule has 116 valence electrons. The number of hydrogen-bond donors (Lipinski definition) is 1. The van der Waals surface area contributed by atoms with Crippen LogP contribution in [0.4, 0.5) is 0 Å². The van der Waals surface area contributed by atoms with Crippen molar-refractivity contribution in [2.24, 2.45) is 5.92 Å². The van der Waals surface area contributed by atoms with E-state index in [1.165, 1.54) is 0 Å². The van der Waals surface area contributed by atoms with Gasteiger partial charge in [-0.05, 0) is 54.4 Å². The summed E-state index contributed by atoms with van der Waals surface area (Å²) in [4.78, 5) is 13.8. The van der Waals surface area contributed by atoms with E-state index in [2.05, 4.69) is 41.6 Å². The molecule has 0 radical (unpaired) electrons. The molecule has 5 heteroatoms. The number of ether oxygens (including phenoxy) is 1. The highest BCUT2D eigenvalue weighted by Crippen LogP contribution is 2.38. The minimum absolute atomic E-state index is 0.00364. The first-order valence-corrected chi connectivity index (χ1v) is 7.84. The topological polar surface area (TPSA) is 49.8 Å². The van der Waals surface area contributed by atoms with Crippen LogP contribution in [0.2, 0.25) is 0 Å². The quantitative estimate of drug-likeness (QED) is 0.902. The molecule has 1 saturated heterocycles. The summed E-state index contributed by atoms with van der Waals surface area (Å²) >= 11 is 3.48. The zero-order chi connectivity index (χ0) is 15.8. The normalized spacial score (nSPS) is 23.3. The van der Waals surface area contributed by atoms with Crippen LogP contribution in [0, 0.1) is 5.92 Å². The summed E-state index contributed by atoms with van der Waals surface area (Å²) in [5.41, 5.74) is 1.02. The first-order valence-electron chi connectivity index (χ1n) is 7.05. The van der Waals surface area contributed by atoms with Gasteiger partial charge in [0.25, 0.3) is 0 Å². The van der Waals surface area contributed by atoms with Gasteiger partial charge in [-0.25, -0.2) is 0 Å². The van der Waals surface area contributed by atoms with Crippen molar-refractivity contribution in [2.45, 2.75) is 32.2 Å². The van der Waals surface area contributed by atoms with Gasteiger partial charge in [-0.3, -0.25) is 9.69 Å². The molecular weight excluding hydrogens is 334 g/mol. The van der Waals surface area contributed by atoms with Crippen LogP contribution in [0.15, 0.2) is 22.7 Å². The van der Waals surface area contributed by atoms with Crippen LogP contribution in [-0.4, -0.2) is 41.7 Å². The van der Waals surface area contributed by atoms with Crippen molar-refractivity contribution in [1.82, 2.24) is 4.90 Å². The molecule has 2 atom stereocenters. The highest BCUT2D eigenvalue weighted by Gasteiger charge is 2.42. The van der Waals surface area contributed by atoms with E-state index < -0.39 is 5.97 Å². The Labute approximate surface area is 134 Å². The predicted octanol–water partition coefficient (Wildman–Crippen LogP) is 3.36. The number of carboxylic acids is 1. The molecule has 21 heavy (non-hydrogen) atoms. The molecule has 2 rings (SSSR count). The van der Waals surface area contributed by atoms with Gasteiger partial charge < -0.3 is 9.84 Å². The second-order valence-electron chi connectivity index (χ2n) is 6.52. The second kappa shape index (κ2) is 5.97. The van der Waals surface area contributed by atoms with Gasteiger partial charge in [0, 0.05) is 24.5 Å². The number of methoxy groups -OCH3 is 1. The summed E-state index contributed by atoms with van der Waals surface area (Å²) in [5.74, 6) is -0.330. The van der Waals surface area contributed by atoms with Crippen LogP contribution in [0.1, 0.15) is 32.3 Å². The van der Waals surface area contributed by atoms with E-state index >= 15 is 0 Å². The van der Waals surface area contributed by atoms with Gasteiger partial charge in [0.15, 0.2) is 0 Å². The van der Waals surface area contributed by atoms with Gasteiger partial charge in [0.05, 0.1) is 17.5 Å². The van der Waals surface area contributed by atoms with E-state index in [9.17, 15) is 9.90 Å². The van der Waals surface area contributed by atoms with E-state index in [-0.39, 0.29) is 17.4 Å². The van der Waals surface area contributed by atoms with E-state index in [1.54, 1.807) is 7.11 Å². The summed E-state index contributed by atoms with van der Waals surface area (Å²) < 4.78 is 6.10. The van der Waals surface area contributed by atoms with E-state index in [0.717, 1.165) is 22.3 Å². The lowest BCUT2D eigenvalue weighted by molar-refractivity contribution is -0.141. The lowest BCUT2D eigenvalue weighted by Crippen LogP contribution is -2.40. The molecule has 0 aromatic heterocycles. The SMILES string of the molecule is COc1ccc([C@H]2CN(C(C)(C)C)C[C@@H]2C(=O)O)cc1Br. The number of carbonyl (C=O) groups is 1. The molecule has 0 bridgehead atoms. The molecule has 1 aliphatic heterocycles. The van der Waals surface area contributed by atoms with Crippen LogP contribution in [0.3, 0.4) is 0 Å². The second-order valence-corrected chi connectivity index (χ2v) is 7.38. The van der Waals surface area contributed by atoms with Crippen molar-refractivity contribution < 1.29 is 14.6 Å². The number of rotatable bonds is 3. The van der Waals surface area contributed by atoms with Gasteiger partial charge >= 0.3 is 5.97 Å². The van der Waals surface area contributed by atoms with Gasteiger partial charge in [0.2, 0.25) is 0 Å². The van der Waals surface area contributed by atoms with Crippen molar-refractivity contribution in [3.8, 4) is 5.75 Å². The third kappa shape index (κ3) is 3.40. The summed E-state index contributed by atoms with van der Waals surface area (Å²) in [7, 11) is 1.62. The lowest BCUT2D eigenvalue weighted by atomic mass is 9.89. The Bertz CT molecular complexity index is 539. The van der Waals surface area contributed by atoms with E-state index in [1.807, 2.05) is 18.2 Å². The fourth-order valence-corrected chi connectivity index (χ4v) is 3.41. The van der Waals surface area contributed by atoms with Crippen LogP contribution < -0.4 is 4.74 Å². The van der Waals surface area contributed by atoms with Crippen molar-refractivity contribution in [3.05, 3.63) is 28.2 Å².